The molecule has 0 aliphatic carbocycles. The maximum absolute atomic E-state index is 13.7. The van der Waals surface area contributed by atoms with Gasteiger partial charge in [0.25, 0.3) is 5.78 Å². The number of methoxy groups -OCH3 is 1. The molecule has 1 aliphatic rings. The zero-order valence-electron chi connectivity index (χ0n) is 24.8. The zero-order valence-corrected chi connectivity index (χ0v) is 25.7. The molecule has 0 radical (unpaired) electrons. The van der Waals surface area contributed by atoms with E-state index in [-0.39, 0.29) is 27.0 Å². The summed E-state index contributed by atoms with van der Waals surface area (Å²) < 4.78 is 12.6. The Kier molecular flexibility index (Phi) is 8.63. The fourth-order valence-electron chi connectivity index (χ4n) is 5.25. The molecule has 5 rings (SSSR count). The van der Waals surface area contributed by atoms with Crippen LogP contribution < -0.4 is 9.64 Å². The van der Waals surface area contributed by atoms with Crippen LogP contribution in [0.15, 0.2) is 48.2 Å². The standard InChI is InChI=1S/C32H34N4O6S/c1-6-7-8-9-17-42-22-14-12-21(13-15-22)25-23(26(37)24-20(4)35-16-10-11-18(2)29(35)34-24)27(38)30(39)36(25)32-33-19(3)28(43-32)31(40)41-5/h10-16,25,37H,6-9,17H2,1-5H3. The minimum absolute atomic E-state index is 0.116. The lowest BCUT2D eigenvalue weighted by Crippen LogP contribution is -2.29. The summed E-state index contributed by atoms with van der Waals surface area (Å²) in [5, 5.41) is 11.8. The van der Waals surface area contributed by atoms with Crippen LogP contribution in [0, 0.1) is 20.8 Å². The number of rotatable bonds is 10. The van der Waals surface area contributed by atoms with E-state index in [2.05, 4.69) is 16.9 Å². The molecule has 3 aromatic heterocycles. The number of aliphatic hydroxyl groups excluding tert-OH is 1. The van der Waals surface area contributed by atoms with Gasteiger partial charge in [-0.3, -0.25) is 14.5 Å². The molecular weight excluding hydrogens is 568 g/mol. The molecule has 1 saturated heterocycles. The number of hydrogen-bond acceptors (Lipinski definition) is 9. The zero-order chi connectivity index (χ0) is 30.8. The molecule has 0 bridgehead atoms. The molecule has 4 heterocycles. The molecule has 0 saturated carbocycles. The van der Waals surface area contributed by atoms with Gasteiger partial charge in [0.1, 0.15) is 22.0 Å². The molecule has 11 heteroatoms. The number of esters is 1. The minimum atomic E-state index is -1.03. The highest BCUT2D eigenvalue weighted by Crippen LogP contribution is 2.44. The summed E-state index contributed by atoms with van der Waals surface area (Å²) in [4.78, 5) is 50.2. The van der Waals surface area contributed by atoms with Crippen LogP contribution in [0.4, 0.5) is 5.13 Å². The number of carbonyl (C=O) groups is 3. The first-order chi connectivity index (χ1) is 20.7. The Labute approximate surface area is 253 Å². The smallest absolute Gasteiger partial charge is 0.350 e. The van der Waals surface area contributed by atoms with Gasteiger partial charge in [0.2, 0.25) is 0 Å². The summed E-state index contributed by atoms with van der Waals surface area (Å²) in [6.07, 6.45) is 6.15. The highest BCUT2D eigenvalue weighted by Gasteiger charge is 2.49. The van der Waals surface area contributed by atoms with Gasteiger partial charge in [0, 0.05) is 6.20 Å². The number of nitrogens with zero attached hydrogens (tertiary/aromatic N) is 4. The average molecular weight is 603 g/mol. The number of imidazole rings is 1. The number of aromatic nitrogens is 3. The summed E-state index contributed by atoms with van der Waals surface area (Å²) in [5.41, 5.74) is 3.15. The second-order valence-electron chi connectivity index (χ2n) is 10.5. The van der Waals surface area contributed by atoms with E-state index < -0.39 is 23.7 Å². The van der Waals surface area contributed by atoms with Crippen LogP contribution in [0.25, 0.3) is 11.4 Å². The van der Waals surface area contributed by atoms with Crippen molar-refractivity contribution in [3.63, 3.8) is 0 Å². The Hall–Kier alpha value is -4.51. The van der Waals surface area contributed by atoms with Gasteiger partial charge in [-0.05, 0) is 56.5 Å². The Balaban J connectivity index is 1.62. The number of pyridine rings is 1. The third-order valence-corrected chi connectivity index (χ3v) is 8.71. The molecule has 1 fully saturated rings. The van der Waals surface area contributed by atoms with Crippen molar-refractivity contribution in [2.75, 3.05) is 18.6 Å². The number of carbonyl (C=O) groups excluding carboxylic acids is 3. The first-order valence-corrected chi connectivity index (χ1v) is 15.0. The van der Waals surface area contributed by atoms with Gasteiger partial charge in [-0.2, -0.15) is 0 Å². The lowest BCUT2D eigenvalue weighted by molar-refractivity contribution is -0.132. The third kappa shape index (κ3) is 5.52. The van der Waals surface area contributed by atoms with Gasteiger partial charge >= 0.3 is 11.9 Å². The van der Waals surface area contributed by atoms with Crippen LogP contribution in [-0.2, 0) is 14.3 Å². The van der Waals surface area contributed by atoms with Crippen LogP contribution in [0.5, 0.6) is 5.75 Å². The Bertz CT molecular complexity index is 1740. The highest BCUT2D eigenvalue weighted by molar-refractivity contribution is 7.17. The van der Waals surface area contributed by atoms with E-state index in [0.717, 1.165) is 42.6 Å². The van der Waals surface area contributed by atoms with E-state index in [1.807, 2.05) is 29.7 Å². The largest absolute Gasteiger partial charge is 0.505 e. The molecule has 10 nitrogen and oxygen atoms in total. The topological polar surface area (TPSA) is 123 Å². The lowest BCUT2D eigenvalue weighted by atomic mass is 9.96. The number of ketones is 1. The van der Waals surface area contributed by atoms with Crippen molar-refractivity contribution in [1.82, 2.24) is 14.4 Å². The number of aryl methyl sites for hydroxylation is 3. The van der Waals surface area contributed by atoms with Crippen LogP contribution in [0.3, 0.4) is 0 Å². The van der Waals surface area contributed by atoms with E-state index in [4.69, 9.17) is 9.47 Å². The summed E-state index contributed by atoms with van der Waals surface area (Å²) >= 11 is 0.951. The van der Waals surface area contributed by atoms with Gasteiger partial charge < -0.3 is 19.0 Å². The van der Waals surface area contributed by atoms with Crippen molar-refractivity contribution in [3.05, 3.63) is 81.3 Å². The number of unbranched alkanes of at least 4 members (excludes halogenated alkanes) is 3. The second-order valence-corrected chi connectivity index (χ2v) is 11.5. The number of thiazole rings is 1. The van der Waals surface area contributed by atoms with Crippen molar-refractivity contribution in [2.24, 2.45) is 0 Å². The Morgan fingerprint density at radius 2 is 1.79 bits per heavy atom. The summed E-state index contributed by atoms with van der Waals surface area (Å²) in [7, 11) is 1.26. The molecule has 1 N–H and O–H groups in total. The maximum Gasteiger partial charge on any atom is 0.350 e. The quantitative estimate of drug-likeness (QED) is 0.0761. The SMILES string of the molecule is CCCCCCOc1ccc(C2C(=C(O)c3nc4c(C)cccn4c3C)C(=O)C(=O)N2c2nc(C)c(C(=O)OC)s2)cc1. The fourth-order valence-corrected chi connectivity index (χ4v) is 6.26. The lowest BCUT2D eigenvalue weighted by Gasteiger charge is -2.23. The number of benzene rings is 1. The molecule has 1 atom stereocenters. The van der Waals surface area contributed by atoms with Gasteiger partial charge in [0.05, 0.1) is 36.7 Å². The first kappa shape index (κ1) is 30.0. The number of hydrogen-bond donors (Lipinski definition) is 1. The van der Waals surface area contributed by atoms with Crippen molar-refractivity contribution >= 4 is 45.5 Å². The van der Waals surface area contributed by atoms with Crippen molar-refractivity contribution in [1.29, 1.82) is 0 Å². The number of fused-ring (bicyclic) bond motifs is 1. The van der Waals surface area contributed by atoms with Crippen LogP contribution in [-0.4, -0.2) is 50.9 Å². The fraction of sp³-hybridized carbons (Fsp3) is 0.344. The summed E-state index contributed by atoms with van der Waals surface area (Å²) in [6.45, 7) is 8.06. The van der Waals surface area contributed by atoms with E-state index in [9.17, 15) is 19.5 Å². The van der Waals surface area contributed by atoms with E-state index >= 15 is 0 Å². The van der Waals surface area contributed by atoms with Gasteiger partial charge in [0.15, 0.2) is 10.9 Å². The van der Waals surface area contributed by atoms with Crippen LogP contribution in [0.1, 0.15) is 76.5 Å². The highest BCUT2D eigenvalue weighted by atomic mass is 32.1. The molecule has 4 aromatic rings. The number of aliphatic hydroxyl groups is 1. The van der Waals surface area contributed by atoms with Crippen LogP contribution in [0.2, 0.25) is 0 Å². The Morgan fingerprint density at radius 3 is 2.47 bits per heavy atom. The van der Waals surface area contributed by atoms with Gasteiger partial charge in [-0.25, -0.2) is 14.8 Å². The molecule has 224 valence electrons. The van der Waals surface area contributed by atoms with E-state index in [1.165, 1.54) is 12.0 Å². The van der Waals surface area contributed by atoms with Gasteiger partial charge in [-0.1, -0.05) is 55.7 Å². The molecule has 1 amide bonds. The average Bonchev–Trinajstić information content (AvgIpc) is 3.64. The third-order valence-electron chi connectivity index (χ3n) is 7.58. The van der Waals surface area contributed by atoms with Crippen molar-refractivity contribution in [3.8, 4) is 5.75 Å². The monoisotopic (exact) mass is 602 g/mol. The summed E-state index contributed by atoms with van der Waals surface area (Å²) in [5.74, 6) is -2.07. The number of ether oxygens (including phenoxy) is 2. The molecule has 1 aliphatic heterocycles. The number of amides is 1. The number of anilines is 1. The van der Waals surface area contributed by atoms with Gasteiger partial charge in [-0.15, -0.1) is 0 Å². The maximum atomic E-state index is 13.7. The molecule has 43 heavy (non-hydrogen) atoms. The first-order valence-electron chi connectivity index (χ1n) is 14.2. The normalized spacial score (nSPS) is 16.3. The van der Waals surface area contributed by atoms with E-state index in [1.54, 1.807) is 38.1 Å². The predicted molar refractivity (Wildman–Crippen MR) is 164 cm³/mol. The predicted octanol–water partition coefficient (Wildman–Crippen LogP) is 6.09. The van der Waals surface area contributed by atoms with Crippen molar-refractivity contribution in [2.45, 2.75) is 59.4 Å². The second kappa shape index (κ2) is 12.4. The Morgan fingerprint density at radius 1 is 1.05 bits per heavy atom. The molecule has 1 aromatic carbocycles. The van der Waals surface area contributed by atoms with Crippen LogP contribution >= 0.6 is 11.3 Å². The molecule has 1 unspecified atom stereocenters. The number of Topliss-reactive ketones (excluding diaryl/α,β-unsaturated/α-hetero) is 1. The molecule has 0 spiro atoms. The molecular formula is C32H34N4O6S. The van der Waals surface area contributed by atoms with Crippen molar-refractivity contribution < 1.29 is 29.0 Å². The minimum Gasteiger partial charge on any atom is -0.505 e. The van der Waals surface area contributed by atoms with E-state index in [0.29, 0.717) is 35.0 Å². The summed E-state index contributed by atoms with van der Waals surface area (Å²) in [6, 6.07) is 9.84.